The van der Waals surface area contributed by atoms with Gasteiger partial charge >= 0.3 is 6.18 Å². The van der Waals surface area contributed by atoms with Gasteiger partial charge in [0.25, 0.3) is 0 Å². The summed E-state index contributed by atoms with van der Waals surface area (Å²) in [5.41, 5.74) is 0.973. The van der Waals surface area contributed by atoms with Gasteiger partial charge in [0.1, 0.15) is 0 Å². The van der Waals surface area contributed by atoms with Crippen LogP contribution in [-0.4, -0.2) is 19.2 Å². The Kier molecular flexibility index (Phi) is 6.34. The van der Waals surface area contributed by atoms with E-state index in [0.717, 1.165) is 0 Å². The van der Waals surface area contributed by atoms with Gasteiger partial charge in [-0.15, -0.1) is 0 Å². The maximum atomic E-state index is 14.4. The number of halogens is 4. The SMILES string of the molecule is C=CC(=C)NC(=O)C1CC(C(F)(F)F)CCC1c1ccc(C)c(F)c1OC. The van der Waals surface area contributed by atoms with E-state index in [0.29, 0.717) is 11.1 Å². The molecule has 1 aromatic rings. The predicted octanol–water partition coefficient (Wildman–Crippen LogP) is 5.02. The number of carbonyl (C=O) groups excluding carboxylic acids is 1. The maximum absolute atomic E-state index is 14.4. The van der Waals surface area contributed by atoms with Crippen LogP contribution in [0.15, 0.2) is 37.1 Å². The third kappa shape index (κ3) is 4.51. The van der Waals surface area contributed by atoms with Crippen LogP contribution in [0.4, 0.5) is 17.6 Å². The van der Waals surface area contributed by atoms with Gasteiger partial charge in [0.15, 0.2) is 11.6 Å². The Bertz CT molecular complexity index is 742. The van der Waals surface area contributed by atoms with Crippen molar-refractivity contribution in [3.05, 3.63) is 54.0 Å². The van der Waals surface area contributed by atoms with Gasteiger partial charge in [-0.25, -0.2) is 4.39 Å². The Labute approximate surface area is 156 Å². The second-order valence-electron chi connectivity index (χ2n) is 6.80. The van der Waals surface area contributed by atoms with Crippen molar-refractivity contribution in [3.8, 4) is 5.75 Å². The molecular formula is C20H23F4NO2. The molecule has 3 atom stereocenters. The van der Waals surface area contributed by atoms with E-state index < -0.39 is 35.7 Å². The summed E-state index contributed by atoms with van der Waals surface area (Å²) in [5.74, 6) is -4.33. The van der Waals surface area contributed by atoms with E-state index >= 15 is 0 Å². The molecule has 0 aliphatic heterocycles. The highest BCUT2D eigenvalue weighted by Crippen LogP contribution is 2.48. The zero-order valence-electron chi connectivity index (χ0n) is 15.3. The number of ether oxygens (including phenoxy) is 1. The maximum Gasteiger partial charge on any atom is 0.391 e. The van der Waals surface area contributed by atoms with E-state index in [9.17, 15) is 22.4 Å². The second-order valence-corrected chi connectivity index (χ2v) is 6.80. The van der Waals surface area contributed by atoms with E-state index in [1.54, 1.807) is 19.1 Å². The number of hydrogen-bond acceptors (Lipinski definition) is 2. The first-order valence-electron chi connectivity index (χ1n) is 8.62. The predicted molar refractivity (Wildman–Crippen MR) is 94.8 cm³/mol. The summed E-state index contributed by atoms with van der Waals surface area (Å²) in [6.07, 6.45) is -3.48. The van der Waals surface area contributed by atoms with E-state index in [2.05, 4.69) is 18.5 Å². The Morgan fingerprint density at radius 3 is 2.56 bits per heavy atom. The van der Waals surface area contributed by atoms with Crippen LogP contribution in [0.5, 0.6) is 5.75 Å². The Morgan fingerprint density at radius 2 is 2.00 bits per heavy atom. The molecule has 1 saturated carbocycles. The monoisotopic (exact) mass is 385 g/mol. The van der Waals surface area contributed by atoms with Gasteiger partial charge in [-0.1, -0.05) is 25.3 Å². The summed E-state index contributed by atoms with van der Waals surface area (Å²) < 4.78 is 59.4. The second kappa shape index (κ2) is 8.15. The summed E-state index contributed by atoms with van der Waals surface area (Å²) >= 11 is 0. The van der Waals surface area contributed by atoms with Crippen LogP contribution in [0, 0.1) is 24.6 Å². The molecule has 7 heteroatoms. The van der Waals surface area contributed by atoms with Crippen molar-refractivity contribution in [2.24, 2.45) is 11.8 Å². The molecule has 1 aliphatic rings. The van der Waals surface area contributed by atoms with Crippen LogP contribution >= 0.6 is 0 Å². The number of carbonyl (C=O) groups is 1. The molecule has 1 fully saturated rings. The number of benzene rings is 1. The van der Waals surface area contributed by atoms with Crippen LogP contribution in [-0.2, 0) is 4.79 Å². The van der Waals surface area contributed by atoms with E-state index in [4.69, 9.17) is 4.74 Å². The van der Waals surface area contributed by atoms with Crippen molar-refractivity contribution in [3.63, 3.8) is 0 Å². The van der Waals surface area contributed by atoms with Crippen molar-refractivity contribution < 1.29 is 27.1 Å². The van der Waals surface area contributed by atoms with Gasteiger partial charge in [-0.05, 0) is 43.7 Å². The number of amides is 1. The average molecular weight is 385 g/mol. The van der Waals surface area contributed by atoms with Gasteiger partial charge in [-0.3, -0.25) is 4.79 Å². The standard InChI is InChI=1S/C20H23F4NO2/c1-5-12(3)25-19(26)16-10-13(20(22,23)24)7-9-14(16)15-8-6-11(2)17(21)18(15)27-4/h5-6,8,13-14,16H,1,3,7,9-10H2,2,4H3,(H,25,26). The first-order chi connectivity index (χ1) is 12.6. The van der Waals surface area contributed by atoms with Crippen LogP contribution in [0.2, 0.25) is 0 Å². The molecule has 0 bridgehead atoms. The summed E-state index contributed by atoms with van der Waals surface area (Å²) in [5, 5.41) is 2.48. The average Bonchev–Trinajstić information content (AvgIpc) is 2.62. The number of methoxy groups -OCH3 is 1. The molecule has 0 saturated heterocycles. The minimum atomic E-state index is -4.39. The minimum Gasteiger partial charge on any atom is -0.493 e. The number of nitrogens with one attached hydrogen (secondary N) is 1. The molecule has 1 amide bonds. The Morgan fingerprint density at radius 1 is 1.33 bits per heavy atom. The normalized spacial score (nSPS) is 22.8. The summed E-state index contributed by atoms with van der Waals surface area (Å²) in [4.78, 5) is 12.7. The van der Waals surface area contributed by atoms with Crippen LogP contribution in [0.25, 0.3) is 0 Å². The first kappa shape index (κ1) is 21.0. The van der Waals surface area contributed by atoms with Crippen molar-refractivity contribution in [2.75, 3.05) is 7.11 Å². The van der Waals surface area contributed by atoms with Crippen molar-refractivity contribution in [1.29, 1.82) is 0 Å². The lowest BCUT2D eigenvalue weighted by Crippen LogP contribution is -2.40. The zero-order chi connectivity index (χ0) is 20.4. The number of aryl methyl sites for hydroxylation is 1. The first-order valence-corrected chi connectivity index (χ1v) is 8.62. The van der Waals surface area contributed by atoms with Gasteiger partial charge in [0.05, 0.1) is 13.0 Å². The summed E-state index contributed by atoms with van der Waals surface area (Å²) in [6.45, 7) is 8.62. The molecule has 0 spiro atoms. The Hall–Kier alpha value is -2.31. The quantitative estimate of drug-likeness (QED) is 0.571. The molecule has 3 unspecified atom stereocenters. The number of allylic oxidation sites excluding steroid dienone is 1. The van der Waals surface area contributed by atoms with Gasteiger partial charge < -0.3 is 10.1 Å². The topological polar surface area (TPSA) is 38.3 Å². The van der Waals surface area contributed by atoms with E-state index in [-0.39, 0.29) is 30.7 Å². The molecule has 27 heavy (non-hydrogen) atoms. The lowest BCUT2D eigenvalue weighted by molar-refractivity contribution is -0.187. The summed E-state index contributed by atoms with van der Waals surface area (Å²) in [7, 11) is 1.30. The lowest BCUT2D eigenvalue weighted by Gasteiger charge is -2.37. The highest BCUT2D eigenvalue weighted by Gasteiger charge is 2.47. The molecular weight excluding hydrogens is 362 g/mol. The highest BCUT2D eigenvalue weighted by atomic mass is 19.4. The van der Waals surface area contributed by atoms with Crippen molar-refractivity contribution in [2.45, 2.75) is 38.3 Å². The zero-order valence-corrected chi connectivity index (χ0v) is 15.3. The molecule has 0 radical (unpaired) electrons. The molecule has 0 heterocycles. The van der Waals surface area contributed by atoms with E-state index in [1.807, 2.05) is 0 Å². The van der Waals surface area contributed by atoms with Gasteiger partial charge in [0.2, 0.25) is 5.91 Å². The van der Waals surface area contributed by atoms with E-state index in [1.165, 1.54) is 13.2 Å². The van der Waals surface area contributed by atoms with Crippen molar-refractivity contribution in [1.82, 2.24) is 5.32 Å². The van der Waals surface area contributed by atoms with Crippen molar-refractivity contribution >= 4 is 5.91 Å². The fourth-order valence-electron chi connectivity index (χ4n) is 3.60. The fourth-order valence-corrected chi connectivity index (χ4v) is 3.60. The minimum absolute atomic E-state index is 0.0224. The van der Waals surface area contributed by atoms with Crippen LogP contribution in [0.3, 0.4) is 0 Å². The number of alkyl halides is 3. The molecule has 148 valence electrons. The molecule has 1 aromatic carbocycles. The Balaban J connectivity index is 2.44. The lowest BCUT2D eigenvalue weighted by atomic mass is 9.70. The van der Waals surface area contributed by atoms with Gasteiger partial charge in [0, 0.05) is 17.2 Å². The highest BCUT2D eigenvalue weighted by molar-refractivity contribution is 5.82. The third-order valence-corrected chi connectivity index (χ3v) is 5.10. The molecule has 2 rings (SSSR count). The summed E-state index contributed by atoms with van der Waals surface area (Å²) in [6, 6.07) is 3.17. The molecule has 1 N–H and O–H groups in total. The molecule has 3 nitrogen and oxygen atoms in total. The van der Waals surface area contributed by atoms with Crippen LogP contribution in [0.1, 0.15) is 36.3 Å². The number of rotatable bonds is 5. The fraction of sp³-hybridized carbons (Fsp3) is 0.450. The third-order valence-electron chi connectivity index (χ3n) is 5.10. The smallest absolute Gasteiger partial charge is 0.391 e. The molecule has 1 aliphatic carbocycles. The molecule has 0 aromatic heterocycles. The largest absolute Gasteiger partial charge is 0.493 e. The van der Waals surface area contributed by atoms with Gasteiger partial charge in [-0.2, -0.15) is 13.2 Å². The number of hydrogen-bond donors (Lipinski definition) is 1. The van der Waals surface area contributed by atoms with Crippen LogP contribution < -0.4 is 10.1 Å².